The van der Waals surface area contributed by atoms with E-state index in [1.807, 2.05) is 25.1 Å². The Morgan fingerprint density at radius 2 is 2.42 bits per heavy atom. The van der Waals surface area contributed by atoms with Crippen LogP contribution in [0.1, 0.15) is 25.1 Å². The molecule has 5 heteroatoms. The Morgan fingerprint density at radius 3 is 3.00 bits per heavy atom. The second-order valence-electron chi connectivity index (χ2n) is 5.37. The normalized spacial score (nSPS) is 25.2. The number of nitrogens with zero attached hydrogens (tertiary/aromatic N) is 2. The zero-order chi connectivity index (χ0) is 13.9. The number of hydrogen-bond acceptors (Lipinski definition) is 4. The minimum atomic E-state index is -0.322. The molecule has 1 fully saturated rings. The summed E-state index contributed by atoms with van der Waals surface area (Å²) < 4.78 is 0. The molecule has 1 aliphatic heterocycles. The molecule has 1 aromatic rings. The second kappa shape index (κ2) is 5.67. The van der Waals surface area contributed by atoms with E-state index in [1.165, 1.54) is 0 Å². The summed E-state index contributed by atoms with van der Waals surface area (Å²) >= 11 is 0. The molecule has 0 aliphatic carbocycles. The van der Waals surface area contributed by atoms with Gasteiger partial charge in [-0.15, -0.1) is 0 Å². The van der Waals surface area contributed by atoms with Crippen molar-refractivity contribution in [2.24, 2.45) is 11.1 Å². The average Bonchev–Trinajstić information content (AvgIpc) is 2.84. The lowest BCUT2D eigenvalue weighted by Gasteiger charge is -2.28. The Labute approximate surface area is 114 Å². The highest BCUT2D eigenvalue weighted by molar-refractivity contribution is 5.82. The lowest BCUT2D eigenvalue weighted by atomic mass is 9.89. The first kappa shape index (κ1) is 14.0. The van der Waals surface area contributed by atoms with Gasteiger partial charge in [0, 0.05) is 26.3 Å². The van der Waals surface area contributed by atoms with Crippen molar-refractivity contribution in [2.75, 3.05) is 26.7 Å². The smallest absolute Gasteiger partial charge is 0.227 e. The lowest BCUT2D eigenvalue weighted by molar-refractivity contribution is -0.129. The molecule has 0 radical (unpaired) electrons. The van der Waals surface area contributed by atoms with Crippen LogP contribution in [-0.4, -0.2) is 42.5 Å². The van der Waals surface area contributed by atoms with Gasteiger partial charge in [0.15, 0.2) is 0 Å². The van der Waals surface area contributed by atoms with Crippen LogP contribution >= 0.6 is 0 Å². The minimum absolute atomic E-state index is 0.0904. The molecule has 2 atom stereocenters. The Morgan fingerprint density at radius 1 is 1.63 bits per heavy atom. The molecule has 5 nitrogen and oxygen atoms in total. The fraction of sp³-hybridized carbons (Fsp3) is 0.571. The van der Waals surface area contributed by atoms with Crippen LogP contribution < -0.4 is 11.1 Å². The summed E-state index contributed by atoms with van der Waals surface area (Å²) in [5, 5.41) is 2.75. The SMILES string of the molecule is CNC(=O)C1(C)CCN(C(CN)c2ccccn2)C1. The monoisotopic (exact) mass is 262 g/mol. The molecule has 2 unspecified atom stereocenters. The summed E-state index contributed by atoms with van der Waals surface area (Å²) in [5.74, 6) is 0.104. The highest BCUT2D eigenvalue weighted by atomic mass is 16.2. The van der Waals surface area contributed by atoms with Crippen molar-refractivity contribution in [3.8, 4) is 0 Å². The molecule has 2 heterocycles. The minimum Gasteiger partial charge on any atom is -0.359 e. The van der Waals surface area contributed by atoms with E-state index in [4.69, 9.17) is 5.73 Å². The Bertz CT molecular complexity index is 436. The van der Waals surface area contributed by atoms with Crippen molar-refractivity contribution < 1.29 is 4.79 Å². The molecule has 1 saturated heterocycles. The van der Waals surface area contributed by atoms with E-state index < -0.39 is 0 Å². The summed E-state index contributed by atoms with van der Waals surface area (Å²) in [6.07, 6.45) is 2.64. The molecule has 1 amide bonds. The van der Waals surface area contributed by atoms with Crippen molar-refractivity contribution >= 4 is 5.91 Å². The van der Waals surface area contributed by atoms with E-state index in [0.717, 1.165) is 25.2 Å². The summed E-state index contributed by atoms with van der Waals surface area (Å²) in [6.45, 7) is 4.13. The predicted molar refractivity (Wildman–Crippen MR) is 74.4 cm³/mol. The molecule has 3 N–H and O–H groups in total. The van der Waals surface area contributed by atoms with Gasteiger partial charge in [0.25, 0.3) is 0 Å². The molecule has 1 aromatic heterocycles. The van der Waals surface area contributed by atoms with Crippen LogP contribution in [0.15, 0.2) is 24.4 Å². The third-order valence-corrected chi connectivity index (χ3v) is 3.97. The molecule has 0 aromatic carbocycles. The second-order valence-corrected chi connectivity index (χ2v) is 5.37. The number of rotatable bonds is 4. The molecule has 0 bridgehead atoms. The summed E-state index contributed by atoms with van der Waals surface area (Å²) in [6, 6.07) is 5.95. The first-order valence-electron chi connectivity index (χ1n) is 6.68. The van der Waals surface area contributed by atoms with Crippen LogP contribution in [0.2, 0.25) is 0 Å². The summed E-state index contributed by atoms with van der Waals surface area (Å²) in [4.78, 5) is 18.6. The highest BCUT2D eigenvalue weighted by Gasteiger charge is 2.42. The van der Waals surface area contributed by atoms with Crippen molar-refractivity contribution in [3.05, 3.63) is 30.1 Å². The zero-order valence-corrected chi connectivity index (χ0v) is 11.6. The van der Waals surface area contributed by atoms with E-state index in [-0.39, 0.29) is 17.4 Å². The van der Waals surface area contributed by atoms with E-state index in [9.17, 15) is 4.79 Å². The van der Waals surface area contributed by atoms with Crippen LogP contribution in [0.25, 0.3) is 0 Å². The molecule has 19 heavy (non-hydrogen) atoms. The number of amides is 1. The molecule has 104 valence electrons. The van der Waals surface area contributed by atoms with Gasteiger partial charge in [0.05, 0.1) is 17.2 Å². The van der Waals surface area contributed by atoms with Gasteiger partial charge in [-0.2, -0.15) is 0 Å². The first-order chi connectivity index (χ1) is 9.10. The first-order valence-corrected chi connectivity index (χ1v) is 6.68. The number of nitrogens with one attached hydrogen (secondary N) is 1. The summed E-state index contributed by atoms with van der Waals surface area (Å²) in [5.41, 5.74) is 6.56. The Hall–Kier alpha value is -1.46. The van der Waals surface area contributed by atoms with Gasteiger partial charge in [0.2, 0.25) is 5.91 Å². The largest absolute Gasteiger partial charge is 0.359 e. The topological polar surface area (TPSA) is 71.2 Å². The van der Waals surface area contributed by atoms with Gasteiger partial charge < -0.3 is 11.1 Å². The Balaban J connectivity index is 2.13. The maximum absolute atomic E-state index is 11.9. The van der Waals surface area contributed by atoms with Crippen LogP contribution in [-0.2, 0) is 4.79 Å². The van der Waals surface area contributed by atoms with Crippen molar-refractivity contribution in [1.29, 1.82) is 0 Å². The molecule has 0 spiro atoms. The standard InChI is InChI=1S/C14H22N4O/c1-14(13(19)16-2)6-8-18(10-14)12(9-15)11-5-3-4-7-17-11/h3-5,7,12H,6,8-10,15H2,1-2H3,(H,16,19). The van der Waals surface area contributed by atoms with E-state index >= 15 is 0 Å². The molecular formula is C14H22N4O. The number of carbonyl (C=O) groups excluding carboxylic acids is 1. The van der Waals surface area contributed by atoms with Crippen LogP contribution in [0, 0.1) is 5.41 Å². The maximum Gasteiger partial charge on any atom is 0.227 e. The van der Waals surface area contributed by atoms with Gasteiger partial charge in [-0.05, 0) is 32.0 Å². The van der Waals surface area contributed by atoms with Gasteiger partial charge in [-0.1, -0.05) is 6.07 Å². The van der Waals surface area contributed by atoms with Crippen molar-refractivity contribution in [2.45, 2.75) is 19.4 Å². The Kier molecular flexibility index (Phi) is 4.17. The number of aromatic nitrogens is 1. The molecule has 0 saturated carbocycles. The summed E-state index contributed by atoms with van der Waals surface area (Å²) in [7, 11) is 1.69. The fourth-order valence-electron chi connectivity index (χ4n) is 2.78. The zero-order valence-electron chi connectivity index (χ0n) is 11.6. The lowest BCUT2D eigenvalue weighted by Crippen LogP contribution is -2.41. The van der Waals surface area contributed by atoms with Crippen molar-refractivity contribution in [1.82, 2.24) is 15.2 Å². The number of hydrogen-bond donors (Lipinski definition) is 2. The predicted octanol–water partition coefficient (Wildman–Crippen LogP) is 0.539. The molecule has 2 rings (SSSR count). The quantitative estimate of drug-likeness (QED) is 0.831. The number of carbonyl (C=O) groups is 1. The average molecular weight is 262 g/mol. The van der Waals surface area contributed by atoms with E-state index in [2.05, 4.69) is 15.2 Å². The van der Waals surface area contributed by atoms with Gasteiger partial charge in [-0.3, -0.25) is 14.7 Å². The van der Waals surface area contributed by atoms with E-state index in [1.54, 1.807) is 13.2 Å². The van der Waals surface area contributed by atoms with Crippen LogP contribution in [0.3, 0.4) is 0 Å². The number of pyridine rings is 1. The third kappa shape index (κ3) is 2.77. The van der Waals surface area contributed by atoms with Crippen LogP contribution in [0.5, 0.6) is 0 Å². The highest BCUT2D eigenvalue weighted by Crippen LogP contribution is 2.34. The fourth-order valence-corrected chi connectivity index (χ4v) is 2.78. The van der Waals surface area contributed by atoms with Gasteiger partial charge >= 0.3 is 0 Å². The van der Waals surface area contributed by atoms with Gasteiger partial charge in [0.1, 0.15) is 0 Å². The maximum atomic E-state index is 11.9. The van der Waals surface area contributed by atoms with Crippen LogP contribution in [0.4, 0.5) is 0 Å². The van der Waals surface area contributed by atoms with Crippen molar-refractivity contribution in [3.63, 3.8) is 0 Å². The molecular weight excluding hydrogens is 240 g/mol. The number of likely N-dealkylation sites (tertiary alicyclic amines) is 1. The molecule has 1 aliphatic rings. The van der Waals surface area contributed by atoms with Gasteiger partial charge in [-0.25, -0.2) is 0 Å². The number of nitrogens with two attached hydrogens (primary N) is 1. The third-order valence-electron chi connectivity index (χ3n) is 3.97. The van der Waals surface area contributed by atoms with E-state index in [0.29, 0.717) is 6.54 Å².